The SMILES string of the molecule is C=C(C)C(=O)SCCCSCCCSC(=O)C(=C)C. The van der Waals surface area contributed by atoms with Crippen LogP contribution in [0.15, 0.2) is 24.3 Å². The summed E-state index contributed by atoms with van der Waals surface area (Å²) in [4.78, 5) is 22.5. The Morgan fingerprint density at radius 2 is 1.16 bits per heavy atom. The molecule has 0 amide bonds. The fraction of sp³-hybridized carbons (Fsp3) is 0.571. The van der Waals surface area contributed by atoms with Crippen molar-refractivity contribution in [1.82, 2.24) is 0 Å². The van der Waals surface area contributed by atoms with Crippen LogP contribution in [0.3, 0.4) is 0 Å². The summed E-state index contributed by atoms with van der Waals surface area (Å²) in [5.74, 6) is 3.86. The molecular formula is C14H22O2S3. The van der Waals surface area contributed by atoms with Crippen molar-refractivity contribution < 1.29 is 9.59 Å². The van der Waals surface area contributed by atoms with Crippen LogP contribution >= 0.6 is 35.3 Å². The second-order valence-electron chi connectivity index (χ2n) is 4.15. The monoisotopic (exact) mass is 318 g/mol. The van der Waals surface area contributed by atoms with Crippen LogP contribution < -0.4 is 0 Å². The molecule has 108 valence electrons. The highest BCUT2D eigenvalue weighted by molar-refractivity contribution is 8.14. The molecule has 0 N–H and O–H groups in total. The standard InChI is InChI=1S/C14H22O2S3/c1-11(2)13(15)18-9-5-7-17-8-6-10-19-14(16)12(3)4/h1,3,5-10H2,2,4H3. The van der Waals surface area contributed by atoms with Crippen LogP contribution in [-0.2, 0) is 9.59 Å². The lowest BCUT2D eigenvalue weighted by molar-refractivity contribution is -0.108. The van der Waals surface area contributed by atoms with Gasteiger partial charge in [0.1, 0.15) is 0 Å². The zero-order valence-corrected chi connectivity index (χ0v) is 14.1. The Bertz CT molecular complexity index is 306. The molecule has 0 aromatic carbocycles. The van der Waals surface area contributed by atoms with Crippen molar-refractivity contribution >= 4 is 45.5 Å². The first-order valence-electron chi connectivity index (χ1n) is 6.18. The largest absolute Gasteiger partial charge is 0.282 e. The first-order chi connectivity index (χ1) is 8.95. The molecule has 0 radical (unpaired) electrons. The Kier molecular flexibility index (Phi) is 11.6. The summed E-state index contributed by atoms with van der Waals surface area (Å²) in [5, 5.41) is 0.194. The van der Waals surface area contributed by atoms with Gasteiger partial charge >= 0.3 is 0 Å². The van der Waals surface area contributed by atoms with Crippen molar-refractivity contribution in [2.75, 3.05) is 23.0 Å². The van der Waals surface area contributed by atoms with E-state index < -0.39 is 0 Å². The van der Waals surface area contributed by atoms with Crippen LogP contribution in [-0.4, -0.2) is 33.2 Å². The van der Waals surface area contributed by atoms with E-state index in [1.807, 2.05) is 11.8 Å². The third-order valence-electron chi connectivity index (χ3n) is 2.03. The highest BCUT2D eigenvalue weighted by Gasteiger charge is 2.03. The maximum atomic E-state index is 11.3. The molecular weight excluding hydrogens is 296 g/mol. The summed E-state index contributed by atoms with van der Waals surface area (Å²) >= 11 is 4.58. The second-order valence-corrected chi connectivity index (χ2v) is 7.51. The van der Waals surface area contributed by atoms with Gasteiger partial charge < -0.3 is 0 Å². The van der Waals surface area contributed by atoms with Crippen molar-refractivity contribution in [2.45, 2.75) is 26.7 Å². The molecule has 2 nitrogen and oxygen atoms in total. The molecule has 5 heteroatoms. The van der Waals surface area contributed by atoms with Crippen molar-refractivity contribution in [3.63, 3.8) is 0 Å². The predicted molar refractivity (Wildman–Crippen MR) is 91.1 cm³/mol. The number of hydrogen-bond donors (Lipinski definition) is 0. The Morgan fingerprint density at radius 1 is 0.789 bits per heavy atom. The molecule has 0 unspecified atom stereocenters. The van der Waals surface area contributed by atoms with Gasteiger partial charge in [-0.1, -0.05) is 36.7 Å². The average molecular weight is 319 g/mol. The van der Waals surface area contributed by atoms with Gasteiger partial charge in [0.2, 0.25) is 10.2 Å². The number of carbonyl (C=O) groups is 2. The van der Waals surface area contributed by atoms with Crippen molar-refractivity contribution in [2.24, 2.45) is 0 Å². The highest BCUT2D eigenvalue weighted by Crippen LogP contribution is 2.15. The lowest BCUT2D eigenvalue weighted by Crippen LogP contribution is -1.96. The molecule has 0 aromatic rings. The first-order valence-corrected chi connectivity index (χ1v) is 9.30. The van der Waals surface area contributed by atoms with Crippen LogP contribution in [0, 0.1) is 0 Å². The van der Waals surface area contributed by atoms with E-state index in [0.29, 0.717) is 11.1 Å². The molecule has 0 heterocycles. The molecule has 0 aliphatic rings. The maximum Gasteiger partial charge on any atom is 0.214 e. The summed E-state index contributed by atoms with van der Waals surface area (Å²) in [6.45, 7) is 10.7. The molecule has 0 saturated carbocycles. The van der Waals surface area contributed by atoms with E-state index in [1.165, 1.54) is 23.5 Å². The summed E-state index contributed by atoms with van der Waals surface area (Å²) in [7, 11) is 0. The first kappa shape index (κ1) is 18.9. The minimum absolute atomic E-state index is 0.0970. The Balaban J connectivity index is 3.28. The van der Waals surface area contributed by atoms with Gasteiger partial charge in [-0.15, -0.1) is 0 Å². The van der Waals surface area contributed by atoms with E-state index in [9.17, 15) is 9.59 Å². The van der Waals surface area contributed by atoms with E-state index in [1.54, 1.807) is 13.8 Å². The maximum absolute atomic E-state index is 11.3. The van der Waals surface area contributed by atoms with Gasteiger partial charge in [0.25, 0.3) is 0 Å². The minimum Gasteiger partial charge on any atom is -0.282 e. The summed E-state index contributed by atoms with van der Waals surface area (Å²) in [6, 6.07) is 0. The van der Waals surface area contributed by atoms with Crippen LogP contribution in [0.5, 0.6) is 0 Å². The Hall–Kier alpha value is -0.130. The Labute approximate surface area is 129 Å². The molecule has 0 rings (SSSR count). The number of carbonyl (C=O) groups excluding carboxylic acids is 2. The lowest BCUT2D eigenvalue weighted by Gasteiger charge is -2.02. The highest BCUT2D eigenvalue weighted by atomic mass is 32.2. The van der Waals surface area contributed by atoms with Gasteiger partial charge in [0, 0.05) is 11.5 Å². The van der Waals surface area contributed by atoms with E-state index >= 15 is 0 Å². The van der Waals surface area contributed by atoms with E-state index in [0.717, 1.165) is 35.9 Å². The topological polar surface area (TPSA) is 34.1 Å². The lowest BCUT2D eigenvalue weighted by atomic mass is 10.4. The fourth-order valence-electron chi connectivity index (χ4n) is 1.00. The van der Waals surface area contributed by atoms with Crippen LogP contribution in [0.25, 0.3) is 0 Å². The van der Waals surface area contributed by atoms with Crippen molar-refractivity contribution in [1.29, 1.82) is 0 Å². The summed E-state index contributed by atoms with van der Waals surface area (Å²) in [6.07, 6.45) is 2.07. The van der Waals surface area contributed by atoms with E-state index in [-0.39, 0.29) is 10.2 Å². The smallest absolute Gasteiger partial charge is 0.214 e. The average Bonchev–Trinajstić information content (AvgIpc) is 2.35. The van der Waals surface area contributed by atoms with E-state index in [4.69, 9.17) is 0 Å². The minimum atomic E-state index is 0.0970. The number of hydrogen-bond acceptors (Lipinski definition) is 5. The summed E-state index contributed by atoms with van der Waals surface area (Å²) < 4.78 is 0. The van der Waals surface area contributed by atoms with Crippen LogP contribution in [0.4, 0.5) is 0 Å². The number of rotatable bonds is 10. The second kappa shape index (κ2) is 11.7. The van der Waals surface area contributed by atoms with Crippen molar-refractivity contribution in [3.05, 3.63) is 24.3 Å². The molecule has 0 aliphatic heterocycles. The molecule has 0 spiro atoms. The molecule has 0 fully saturated rings. The molecule has 0 aromatic heterocycles. The van der Waals surface area contributed by atoms with Gasteiger partial charge in [0.15, 0.2) is 0 Å². The Morgan fingerprint density at radius 3 is 1.47 bits per heavy atom. The fourth-order valence-corrected chi connectivity index (χ4v) is 3.71. The van der Waals surface area contributed by atoms with Gasteiger partial charge in [-0.05, 0) is 49.3 Å². The van der Waals surface area contributed by atoms with Gasteiger partial charge in [-0.3, -0.25) is 9.59 Å². The zero-order valence-electron chi connectivity index (χ0n) is 11.7. The van der Waals surface area contributed by atoms with Gasteiger partial charge in [-0.2, -0.15) is 11.8 Å². The molecule has 0 bridgehead atoms. The van der Waals surface area contributed by atoms with Gasteiger partial charge in [0.05, 0.1) is 0 Å². The van der Waals surface area contributed by atoms with Crippen LogP contribution in [0.1, 0.15) is 26.7 Å². The third-order valence-corrected chi connectivity index (χ3v) is 5.39. The molecule has 0 saturated heterocycles. The van der Waals surface area contributed by atoms with Crippen LogP contribution in [0.2, 0.25) is 0 Å². The predicted octanol–water partition coefficient (Wildman–Crippen LogP) is 4.17. The van der Waals surface area contributed by atoms with Crippen molar-refractivity contribution in [3.8, 4) is 0 Å². The van der Waals surface area contributed by atoms with Gasteiger partial charge in [-0.25, -0.2) is 0 Å². The molecule has 0 atom stereocenters. The zero-order chi connectivity index (χ0) is 14.7. The normalized spacial score (nSPS) is 10.2. The molecule has 19 heavy (non-hydrogen) atoms. The molecule has 0 aliphatic carbocycles. The quantitative estimate of drug-likeness (QED) is 0.446. The van der Waals surface area contributed by atoms with E-state index in [2.05, 4.69) is 13.2 Å². The number of thioether (sulfide) groups is 3. The summed E-state index contributed by atoms with van der Waals surface area (Å²) in [5.41, 5.74) is 1.24. The third kappa shape index (κ3) is 11.4.